The van der Waals surface area contributed by atoms with Crippen LogP contribution in [0.3, 0.4) is 0 Å². The third-order valence-corrected chi connectivity index (χ3v) is 3.26. The van der Waals surface area contributed by atoms with Crippen molar-refractivity contribution in [1.82, 2.24) is 4.98 Å². The van der Waals surface area contributed by atoms with Crippen LogP contribution in [-0.4, -0.2) is 13.4 Å². The zero-order chi connectivity index (χ0) is 9.35. The maximum absolute atomic E-state index is 12.4. The molecular weight excluding hydrogens is 272 g/mol. The molecule has 0 amide bonds. The van der Waals surface area contributed by atoms with Crippen LogP contribution in [0.1, 0.15) is 0 Å². The minimum Gasteiger partial charge on any atom is -0.211 e. The number of hydrogen-bond acceptors (Lipinski definition) is 3. The molecule has 0 N–H and O–H groups in total. The van der Waals surface area contributed by atoms with Gasteiger partial charge in [-0.05, 0) is 28.1 Å². The number of nitrogens with zero attached hydrogens (tertiary/aromatic N) is 1. The fourth-order valence-electron chi connectivity index (χ4n) is 0.581. The van der Waals surface area contributed by atoms with E-state index in [1.165, 1.54) is 0 Å². The van der Waals surface area contributed by atoms with Gasteiger partial charge in [0.1, 0.15) is 9.50 Å². The zero-order valence-electron chi connectivity index (χ0n) is 5.46. The summed E-state index contributed by atoms with van der Waals surface area (Å²) in [6, 6.07) is 1.95. The Morgan fingerprint density at radius 1 is 1.50 bits per heavy atom. The normalized spacial score (nSPS) is 11.6. The molecule has 1 aromatic rings. The van der Waals surface area contributed by atoms with Crippen molar-refractivity contribution < 1.29 is 12.8 Å². The van der Waals surface area contributed by atoms with Gasteiger partial charge in [0.15, 0.2) is 0 Å². The van der Waals surface area contributed by atoms with Crippen LogP contribution in [-0.2, 0) is 9.05 Å². The Kier molecular flexibility index (Phi) is 2.70. The predicted molar refractivity (Wildman–Crippen MR) is 44.9 cm³/mol. The minimum absolute atomic E-state index is 0.127. The highest BCUT2D eigenvalue weighted by molar-refractivity contribution is 9.10. The highest BCUT2D eigenvalue weighted by Crippen LogP contribution is 2.22. The molecule has 0 unspecified atom stereocenters. The second-order valence-corrected chi connectivity index (χ2v) is 5.15. The maximum Gasteiger partial charge on any atom is 0.263 e. The van der Waals surface area contributed by atoms with Crippen molar-refractivity contribution in [1.29, 1.82) is 0 Å². The topological polar surface area (TPSA) is 47.0 Å². The summed E-state index contributed by atoms with van der Waals surface area (Å²) in [7, 11) is 1.14. The van der Waals surface area contributed by atoms with Crippen LogP contribution >= 0.6 is 26.6 Å². The first kappa shape index (κ1) is 9.88. The largest absolute Gasteiger partial charge is 0.263 e. The summed E-state index contributed by atoms with van der Waals surface area (Å²) in [6.45, 7) is 0. The molecule has 0 aliphatic rings. The maximum atomic E-state index is 12.4. The molecule has 0 bridgehead atoms. The smallest absolute Gasteiger partial charge is 0.211 e. The Morgan fingerprint density at radius 3 is 2.50 bits per heavy atom. The molecule has 0 aliphatic carbocycles. The van der Waals surface area contributed by atoms with E-state index in [4.69, 9.17) is 10.7 Å². The molecule has 1 aromatic heterocycles. The molecule has 0 spiro atoms. The van der Waals surface area contributed by atoms with Gasteiger partial charge in [0.2, 0.25) is 5.95 Å². The number of halogens is 3. The molecule has 0 fully saturated rings. The van der Waals surface area contributed by atoms with E-state index in [2.05, 4.69) is 20.9 Å². The SMILES string of the molecule is O=S(=O)(Cl)c1ccc(F)nc1Br. The first-order valence-corrected chi connectivity index (χ1v) is 5.78. The molecule has 1 rings (SSSR count). The first-order valence-electron chi connectivity index (χ1n) is 2.68. The fourth-order valence-corrected chi connectivity index (χ4v) is 2.65. The van der Waals surface area contributed by atoms with Gasteiger partial charge < -0.3 is 0 Å². The molecule has 66 valence electrons. The van der Waals surface area contributed by atoms with E-state index in [9.17, 15) is 12.8 Å². The number of pyridine rings is 1. The van der Waals surface area contributed by atoms with Crippen molar-refractivity contribution in [2.24, 2.45) is 0 Å². The van der Waals surface area contributed by atoms with Gasteiger partial charge in [0.25, 0.3) is 9.05 Å². The summed E-state index contributed by atoms with van der Waals surface area (Å²) >= 11 is 2.77. The summed E-state index contributed by atoms with van der Waals surface area (Å²) < 4.78 is 33.7. The molecule has 0 aliphatic heterocycles. The van der Waals surface area contributed by atoms with Crippen molar-refractivity contribution in [3.63, 3.8) is 0 Å². The quantitative estimate of drug-likeness (QED) is 0.580. The van der Waals surface area contributed by atoms with E-state index < -0.39 is 15.0 Å². The summed E-state index contributed by atoms with van der Waals surface area (Å²) in [6.07, 6.45) is 0. The molecule has 0 saturated carbocycles. The molecule has 0 saturated heterocycles. The number of rotatable bonds is 1. The van der Waals surface area contributed by atoms with Gasteiger partial charge in [-0.15, -0.1) is 0 Å². The molecule has 0 radical (unpaired) electrons. The fraction of sp³-hybridized carbons (Fsp3) is 0. The van der Waals surface area contributed by atoms with Crippen LogP contribution in [0.2, 0.25) is 0 Å². The Balaban J connectivity index is 3.39. The van der Waals surface area contributed by atoms with Gasteiger partial charge >= 0.3 is 0 Å². The average molecular weight is 274 g/mol. The molecule has 0 aromatic carbocycles. The zero-order valence-corrected chi connectivity index (χ0v) is 8.62. The highest BCUT2D eigenvalue weighted by Gasteiger charge is 2.15. The first-order chi connectivity index (χ1) is 5.41. The van der Waals surface area contributed by atoms with Crippen molar-refractivity contribution >= 4 is 35.7 Å². The lowest BCUT2D eigenvalue weighted by Gasteiger charge is -1.97. The van der Waals surface area contributed by atoms with Crippen LogP contribution in [0.4, 0.5) is 4.39 Å². The Labute approximate surface area is 81.1 Å². The summed E-state index contributed by atoms with van der Waals surface area (Å²) in [5.41, 5.74) is 0. The standard InChI is InChI=1S/C5H2BrClFNO2S/c6-5-3(12(7,10)11)1-2-4(8)9-5/h1-2H. The molecular formula is C5H2BrClFNO2S. The molecule has 3 nitrogen and oxygen atoms in total. The van der Waals surface area contributed by atoms with Crippen LogP contribution in [0, 0.1) is 5.95 Å². The lowest BCUT2D eigenvalue weighted by molar-refractivity contribution is 0.575. The Bertz CT molecular complexity index is 408. The Hall–Kier alpha value is -0.200. The highest BCUT2D eigenvalue weighted by atomic mass is 79.9. The predicted octanol–water partition coefficient (Wildman–Crippen LogP) is 1.91. The average Bonchev–Trinajstić information content (AvgIpc) is 1.83. The van der Waals surface area contributed by atoms with Gasteiger partial charge in [0.05, 0.1) is 0 Å². The number of aromatic nitrogens is 1. The van der Waals surface area contributed by atoms with E-state index in [-0.39, 0.29) is 9.50 Å². The molecule has 1 heterocycles. The van der Waals surface area contributed by atoms with E-state index >= 15 is 0 Å². The lowest BCUT2D eigenvalue weighted by Crippen LogP contribution is -1.95. The molecule has 12 heavy (non-hydrogen) atoms. The monoisotopic (exact) mass is 273 g/mol. The summed E-state index contributed by atoms with van der Waals surface area (Å²) in [4.78, 5) is 2.98. The van der Waals surface area contributed by atoms with E-state index in [0.29, 0.717) is 0 Å². The van der Waals surface area contributed by atoms with Crippen LogP contribution in [0.15, 0.2) is 21.6 Å². The summed E-state index contributed by atoms with van der Waals surface area (Å²) in [5.74, 6) is -0.772. The van der Waals surface area contributed by atoms with Gasteiger partial charge in [-0.25, -0.2) is 13.4 Å². The van der Waals surface area contributed by atoms with Crippen molar-refractivity contribution in [2.75, 3.05) is 0 Å². The van der Waals surface area contributed by atoms with E-state index in [0.717, 1.165) is 12.1 Å². The summed E-state index contributed by atoms with van der Waals surface area (Å²) in [5, 5.41) is 0. The third-order valence-electron chi connectivity index (χ3n) is 1.04. The van der Waals surface area contributed by atoms with Crippen LogP contribution in [0.25, 0.3) is 0 Å². The van der Waals surface area contributed by atoms with Gasteiger partial charge in [-0.3, -0.25) is 0 Å². The van der Waals surface area contributed by atoms with Crippen molar-refractivity contribution in [2.45, 2.75) is 4.90 Å². The van der Waals surface area contributed by atoms with Crippen molar-refractivity contribution in [3.8, 4) is 0 Å². The third kappa shape index (κ3) is 2.15. The van der Waals surface area contributed by atoms with Gasteiger partial charge in [0, 0.05) is 10.7 Å². The van der Waals surface area contributed by atoms with Crippen molar-refractivity contribution in [3.05, 3.63) is 22.7 Å². The van der Waals surface area contributed by atoms with Crippen LogP contribution < -0.4 is 0 Å². The minimum atomic E-state index is -3.85. The lowest BCUT2D eigenvalue weighted by atomic mass is 10.5. The Morgan fingerprint density at radius 2 is 2.08 bits per heavy atom. The molecule has 7 heteroatoms. The van der Waals surface area contributed by atoms with Crippen LogP contribution in [0.5, 0.6) is 0 Å². The van der Waals surface area contributed by atoms with E-state index in [1.807, 2.05) is 0 Å². The molecule has 0 atom stereocenters. The second-order valence-electron chi connectivity index (χ2n) is 1.86. The van der Waals surface area contributed by atoms with Gasteiger partial charge in [-0.1, -0.05) is 0 Å². The van der Waals surface area contributed by atoms with Gasteiger partial charge in [-0.2, -0.15) is 4.39 Å². The van der Waals surface area contributed by atoms with E-state index in [1.54, 1.807) is 0 Å². The second kappa shape index (κ2) is 3.27. The number of hydrogen-bond donors (Lipinski definition) is 0.